The van der Waals surface area contributed by atoms with Crippen LogP contribution in [-0.4, -0.2) is 47.6 Å². The molecular weight excluding hydrogens is 224 g/mol. The molecule has 1 aromatic heterocycles. The van der Waals surface area contributed by atoms with Gasteiger partial charge in [-0.05, 0) is 44.3 Å². The van der Waals surface area contributed by atoms with Gasteiger partial charge in [-0.1, -0.05) is 6.92 Å². The van der Waals surface area contributed by atoms with E-state index in [-0.39, 0.29) is 0 Å². The minimum absolute atomic E-state index is 0.498. The number of imidazole rings is 1. The Bertz CT molecular complexity index is 359. The van der Waals surface area contributed by atoms with Gasteiger partial charge < -0.3 is 15.2 Å². The third kappa shape index (κ3) is 2.59. The number of aromatic nitrogens is 2. The number of aromatic amines is 1. The molecule has 4 nitrogen and oxygen atoms in total. The zero-order valence-corrected chi connectivity index (χ0v) is 11.3. The fourth-order valence-corrected chi connectivity index (χ4v) is 3.41. The van der Waals surface area contributed by atoms with Gasteiger partial charge in [0, 0.05) is 31.4 Å². The maximum Gasteiger partial charge on any atom is 0.109 e. The molecule has 0 saturated carbocycles. The van der Waals surface area contributed by atoms with Crippen molar-refractivity contribution in [2.45, 2.75) is 32.1 Å². The van der Waals surface area contributed by atoms with Crippen LogP contribution in [0.15, 0.2) is 12.4 Å². The lowest BCUT2D eigenvalue weighted by Gasteiger charge is -2.36. The van der Waals surface area contributed by atoms with Crippen LogP contribution in [-0.2, 0) is 0 Å². The summed E-state index contributed by atoms with van der Waals surface area (Å²) in [5.74, 6) is 1.83. The fourth-order valence-electron chi connectivity index (χ4n) is 3.41. The Hall–Kier alpha value is -0.870. The monoisotopic (exact) mass is 248 g/mol. The molecule has 0 spiro atoms. The Kier molecular flexibility index (Phi) is 3.39. The molecule has 2 saturated heterocycles. The van der Waals surface area contributed by atoms with Gasteiger partial charge in [-0.3, -0.25) is 0 Å². The highest BCUT2D eigenvalue weighted by molar-refractivity contribution is 4.99. The highest BCUT2D eigenvalue weighted by atomic mass is 15.1. The molecule has 0 aromatic carbocycles. The fraction of sp³-hybridized carbons (Fsp3) is 0.786. The summed E-state index contributed by atoms with van der Waals surface area (Å²) in [4.78, 5) is 10.3. The Morgan fingerprint density at radius 2 is 2.28 bits per heavy atom. The van der Waals surface area contributed by atoms with E-state index >= 15 is 0 Å². The smallest absolute Gasteiger partial charge is 0.109 e. The first-order valence-electron chi connectivity index (χ1n) is 7.18. The van der Waals surface area contributed by atoms with E-state index in [9.17, 15) is 0 Å². The van der Waals surface area contributed by atoms with Crippen LogP contribution in [0, 0.1) is 5.41 Å². The van der Waals surface area contributed by atoms with Gasteiger partial charge in [0.05, 0.1) is 0 Å². The minimum atomic E-state index is 0.498. The van der Waals surface area contributed by atoms with E-state index < -0.39 is 0 Å². The van der Waals surface area contributed by atoms with Gasteiger partial charge in [0.2, 0.25) is 0 Å². The molecule has 3 rings (SSSR count). The van der Waals surface area contributed by atoms with Crippen LogP contribution in [0.25, 0.3) is 0 Å². The number of nitrogens with one attached hydrogen (secondary N) is 2. The first-order valence-corrected chi connectivity index (χ1v) is 7.18. The number of H-pyrrole nitrogens is 1. The number of nitrogens with zero attached hydrogens (tertiary/aromatic N) is 2. The Morgan fingerprint density at radius 1 is 1.44 bits per heavy atom. The van der Waals surface area contributed by atoms with Crippen molar-refractivity contribution >= 4 is 0 Å². The van der Waals surface area contributed by atoms with Crippen molar-refractivity contribution in [3.05, 3.63) is 18.2 Å². The second-order valence-corrected chi connectivity index (χ2v) is 6.26. The molecule has 100 valence electrons. The van der Waals surface area contributed by atoms with Crippen molar-refractivity contribution < 1.29 is 0 Å². The van der Waals surface area contributed by atoms with Crippen LogP contribution in [0.5, 0.6) is 0 Å². The van der Waals surface area contributed by atoms with Crippen molar-refractivity contribution in [3.8, 4) is 0 Å². The first-order chi connectivity index (χ1) is 8.75. The predicted molar refractivity (Wildman–Crippen MR) is 72.6 cm³/mol. The van der Waals surface area contributed by atoms with Crippen molar-refractivity contribution in [2.75, 3.05) is 32.7 Å². The van der Waals surface area contributed by atoms with Crippen LogP contribution in [0.1, 0.15) is 37.9 Å². The SMILES string of the molecule is CC1(CN2CCC(c3ncc[nH]3)CC2)CCNC1. The Balaban J connectivity index is 1.51. The lowest BCUT2D eigenvalue weighted by molar-refractivity contribution is 0.143. The molecule has 3 heterocycles. The van der Waals surface area contributed by atoms with Crippen molar-refractivity contribution in [1.82, 2.24) is 20.2 Å². The molecule has 0 amide bonds. The highest BCUT2D eigenvalue weighted by Gasteiger charge is 2.32. The summed E-state index contributed by atoms with van der Waals surface area (Å²) in [6, 6.07) is 0. The first kappa shape index (κ1) is 12.2. The summed E-state index contributed by atoms with van der Waals surface area (Å²) < 4.78 is 0. The predicted octanol–water partition coefficient (Wildman–Crippen LogP) is 1.59. The molecule has 1 aromatic rings. The van der Waals surface area contributed by atoms with Gasteiger partial charge in [0.1, 0.15) is 5.82 Å². The normalized spacial score (nSPS) is 30.9. The summed E-state index contributed by atoms with van der Waals surface area (Å²) in [5, 5.41) is 3.49. The largest absolute Gasteiger partial charge is 0.348 e. The molecule has 18 heavy (non-hydrogen) atoms. The van der Waals surface area contributed by atoms with Crippen molar-refractivity contribution in [1.29, 1.82) is 0 Å². The molecule has 2 aliphatic rings. The number of rotatable bonds is 3. The molecular formula is C14H24N4. The molecule has 0 aliphatic carbocycles. The molecule has 1 unspecified atom stereocenters. The van der Waals surface area contributed by atoms with Gasteiger partial charge in [-0.25, -0.2) is 4.98 Å². The standard InChI is InChI=1S/C14H24N4/c1-14(4-5-15-10-14)11-18-8-2-12(3-9-18)13-16-6-7-17-13/h6-7,12,15H,2-5,8-11H2,1H3,(H,16,17). The van der Waals surface area contributed by atoms with Gasteiger partial charge in [0.25, 0.3) is 0 Å². The Labute approximate surface area is 109 Å². The Morgan fingerprint density at radius 3 is 2.89 bits per heavy atom. The van der Waals surface area contributed by atoms with E-state index in [2.05, 4.69) is 27.1 Å². The minimum Gasteiger partial charge on any atom is -0.348 e. The average molecular weight is 248 g/mol. The average Bonchev–Trinajstić information content (AvgIpc) is 3.02. The number of hydrogen-bond donors (Lipinski definition) is 2. The van der Waals surface area contributed by atoms with Crippen LogP contribution in [0.3, 0.4) is 0 Å². The summed E-state index contributed by atoms with van der Waals surface area (Å²) in [7, 11) is 0. The van der Waals surface area contributed by atoms with E-state index in [0.29, 0.717) is 11.3 Å². The van der Waals surface area contributed by atoms with Gasteiger partial charge in [0.15, 0.2) is 0 Å². The summed E-state index contributed by atoms with van der Waals surface area (Å²) in [6.07, 6.45) is 7.62. The van der Waals surface area contributed by atoms with Crippen LogP contribution >= 0.6 is 0 Å². The maximum absolute atomic E-state index is 4.40. The number of piperidine rings is 1. The van der Waals surface area contributed by atoms with E-state index in [4.69, 9.17) is 0 Å². The molecule has 2 fully saturated rings. The van der Waals surface area contributed by atoms with Gasteiger partial charge >= 0.3 is 0 Å². The van der Waals surface area contributed by atoms with Gasteiger partial charge in [-0.15, -0.1) is 0 Å². The lowest BCUT2D eigenvalue weighted by atomic mass is 9.87. The lowest BCUT2D eigenvalue weighted by Crippen LogP contribution is -2.41. The summed E-state index contributed by atoms with van der Waals surface area (Å²) in [5.41, 5.74) is 0.498. The molecule has 4 heteroatoms. The second kappa shape index (κ2) is 5.02. The highest BCUT2D eigenvalue weighted by Crippen LogP contribution is 2.30. The third-order valence-corrected chi connectivity index (χ3v) is 4.56. The molecule has 0 radical (unpaired) electrons. The molecule has 0 bridgehead atoms. The molecule has 1 atom stereocenters. The van der Waals surface area contributed by atoms with Crippen LogP contribution in [0.2, 0.25) is 0 Å². The van der Waals surface area contributed by atoms with E-state index in [0.717, 1.165) is 0 Å². The molecule has 2 aliphatic heterocycles. The second-order valence-electron chi connectivity index (χ2n) is 6.26. The topological polar surface area (TPSA) is 44.0 Å². The van der Waals surface area contributed by atoms with Crippen LogP contribution in [0.4, 0.5) is 0 Å². The maximum atomic E-state index is 4.40. The zero-order chi connectivity index (χ0) is 12.4. The van der Waals surface area contributed by atoms with Crippen molar-refractivity contribution in [3.63, 3.8) is 0 Å². The zero-order valence-electron chi connectivity index (χ0n) is 11.3. The number of hydrogen-bond acceptors (Lipinski definition) is 3. The van der Waals surface area contributed by atoms with E-state index in [1.165, 1.54) is 57.8 Å². The van der Waals surface area contributed by atoms with Gasteiger partial charge in [-0.2, -0.15) is 0 Å². The van der Waals surface area contributed by atoms with Crippen LogP contribution < -0.4 is 5.32 Å². The summed E-state index contributed by atoms with van der Waals surface area (Å²) in [6.45, 7) is 8.50. The van der Waals surface area contributed by atoms with Crippen molar-refractivity contribution in [2.24, 2.45) is 5.41 Å². The van der Waals surface area contributed by atoms with E-state index in [1.807, 2.05) is 12.4 Å². The molecule has 2 N–H and O–H groups in total. The summed E-state index contributed by atoms with van der Waals surface area (Å²) >= 11 is 0. The van der Waals surface area contributed by atoms with E-state index in [1.54, 1.807) is 0 Å². The third-order valence-electron chi connectivity index (χ3n) is 4.56. The quantitative estimate of drug-likeness (QED) is 0.854. The number of likely N-dealkylation sites (tertiary alicyclic amines) is 1.